The molecule has 0 radical (unpaired) electrons. The second kappa shape index (κ2) is 7.79. The highest BCUT2D eigenvalue weighted by Crippen LogP contribution is 2.45. The normalized spacial score (nSPS) is 37.5. The third-order valence-electron chi connectivity index (χ3n) is 6.89. The highest BCUT2D eigenvalue weighted by atomic mass is 19.4. The molecule has 4 aliphatic rings. The van der Waals surface area contributed by atoms with E-state index in [-0.39, 0.29) is 36.8 Å². The van der Waals surface area contributed by atoms with Crippen LogP contribution in [0.4, 0.5) is 23.4 Å². The van der Waals surface area contributed by atoms with Crippen LogP contribution >= 0.6 is 0 Å². The molecule has 2 N–H and O–H groups in total. The van der Waals surface area contributed by atoms with Gasteiger partial charge in [-0.15, -0.1) is 0 Å². The second-order valence-electron chi connectivity index (χ2n) is 9.28. The topological polar surface area (TPSA) is 71.5 Å². The van der Waals surface area contributed by atoms with Gasteiger partial charge in [0.1, 0.15) is 18.3 Å². The number of fused-ring (bicyclic) bond motifs is 1. The van der Waals surface area contributed by atoms with Crippen LogP contribution in [0, 0.1) is 5.92 Å². The van der Waals surface area contributed by atoms with Gasteiger partial charge in [0.05, 0.1) is 36.6 Å². The van der Waals surface area contributed by atoms with E-state index in [9.17, 15) is 17.6 Å². The Balaban J connectivity index is 1.31. The fourth-order valence-corrected chi connectivity index (χ4v) is 4.82. The van der Waals surface area contributed by atoms with E-state index in [0.717, 1.165) is 12.8 Å². The zero-order valence-electron chi connectivity index (χ0n) is 17.2. The van der Waals surface area contributed by atoms with Gasteiger partial charge in [-0.05, 0) is 32.6 Å². The average Bonchev–Trinajstić information content (AvgIpc) is 3.33. The predicted octanol–water partition coefficient (Wildman–Crippen LogP) is 2.45. The van der Waals surface area contributed by atoms with Crippen molar-refractivity contribution in [2.24, 2.45) is 5.92 Å². The summed E-state index contributed by atoms with van der Waals surface area (Å²) in [6, 6.07) is 1.47. The Hall–Kier alpha value is -1.56. The summed E-state index contributed by atoms with van der Waals surface area (Å²) >= 11 is 0. The summed E-state index contributed by atoms with van der Waals surface area (Å²) in [4.78, 5) is 10.1. The van der Waals surface area contributed by atoms with Crippen LogP contribution in [0.25, 0.3) is 0 Å². The molecule has 6 atom stereocenters. The number of morpholine rings is 1. The van der Waals surface area contributed by atoms with Crippen LogP contribution in [-0.4, -0.2) is 65.9 Å². The number of hydrogen-bond donors (Lipinski definition) is 2. The molecule has 2 saturated heterocycles. The number of rotatable bonds is 4. The summed E-state index contributed by atoms with van der Waals surface area (Å²) in [5, 5.41) is 0. The summed E-state index contributed by atoms with van der Waals surface area (Å²) in [6.45, 7) is 2.01. The number of hydrogen-bond acceptors (Lipinski definition) is 7. The maximum absolute atomic E-state index is 14.7. The molecule has 172 valence electrons. The first-order chi connectivity index (χ1) is 14.7. The minimum atomic E-state index is -4.42. The SMILES string of the molecule is CC1(OC2CC3C(CC2F)NNC3c2cc(N3CCOC(C(F)(F)F)C3)ncn2)CC1. The van der Waals surface area contributed by atoms with Crippen molar-refractivity contribution in [3.8, 4) is 0 Å². The number of ether oxygens (including phenoxy) is 2. The average molecular weight is 445 g/mol. The Morgan fingerprint density at radius 2 is 2.03 bits per heavy atom. The molecule has 31 heavy (non-hydrogen) atoms. The molecular formula is C20H27F4N5O2. The lowest BCUT2D eigenvalue weighted by Gasteiger charge is -2.37. The zero-order valence-corrected chi connectivity index (χ0v) is 17.2. The minimum Gasteiger partial charge on any atom is -0.369 e. The van der Waals surface area contributed by atoms with Gasteiger partial charge in [0.25, 0.3) is 0 Å². The molecule has 11 heteroatoms. The first-order valence-corrected chi connectivity index (χ1v) is 10.8. The largest absolute Gasteiger partial charge is 0.416 e. The van der Waals surface area contributed by atoms with E-state index in [1.807, 2.05) is 6.92 Å². The molecular weight excluding hydrogens is 418 g/mol. The first kappa shape index (κ1) is 21.3. The summed E-state index contributed by atoms with van der Waals surface area (Å²) in [5.74, 6) is 0.500. The number of aromatic nitrogens is 2. The predicted molar refractivity (Wildman–Crippen MR) is 103 cm³/mol. The molecule has 0 amide bonds. The van der Waals surface area contributed by atoms with Crippen molar-refractivity contribution < 1.29 is 27.0 Å². The number of nitrogens with one attached hydrogen (secondary N) is 2. The first-order valence-electron chi connectivity index (χ1n) is 10.8. The van der Waals surface area contributed by atoms with Crippen molar-refractivity contribution >= 4 is 5.82 Å². The van der Waals surface area contributed by atoms with Gasteiger partial charge < -0.3 is 14.4 Å². The van der Waals surface area contributed by atoms with Crippen LogP contribution in [-0.2, 0) is 9.47 Å². The van der Waals surface area contributed by atoms with Gasteiger partial charge in [-0.3, -0.25) is 5.43 Å². The Bertz CT molecular complexity index is 808. The lowest BCUT2D eigenvalue weighted by atomic mass is 9.78. The van der Waals surface area contributed by atoms with E-state index in [4.69, 9.17) is 9.47 Å². The van der Waals surface area contributed by atoms with Gasteiger partial charge in [0.2, 0.25) is 0 Å². The maximum Gasteiger partial charge on any atom is 0.416 e. The molecule has 0 aromatic carbocycles. The minimum absolute atomic E-state index is 0.0207. The molecule has 7 nitrogen and oxygen atoms in total. The molecule has 3 heterocycles. The summed E-state index contributed by atoms with van der Waals surface area (Å²) in [6.07, 6.45) is -3.55. The van der Waals surface area contributed by atoms with E-state index in [1.54, 1.807) is 11.0 Å². The second-order valence-corrected chi connectivity index (χ2v) is 9.28. The third-order valence-corrected chi connectivity index (χ3v) is 6.89. The van der Waals surface area contributed by atoms with Gasteiger partial charge in [0.15, 0.2) is 6.10 Å². The summed E-state index contributed by atoms with van der Waals surface area (Å²) in [5.41, 5.74) is 6.86. The van der Waals surface area contributed by atoms with Crippen LogP contribution in [0.5, 0.6) is 0 Å². The van der Waals surface area contributed by atoms with Crippen molar-refractivity contribution in [3.05, 3.63) is 18.1 Å². The van der Waals surface area contributed by atoms with E-state index in [2.05, 4.69) is 20.8 Å². The molecule has 0 spiro atoms. The van der Waals surface area contributed by atoms with Gasteiger partial charge in [-0.1, -0.05) is 0 Å². The maximum atomic E-state index is 14.7. The molecule has 6 unspecified atom stereocenters. The van der Waals surface area contributed by atoms with Crippen LogP contribution in [0.3, 0.4) is 0 Å². The zero-order chi connectivity index (χ0) is 21.8. The molecule has 2 aliphatic carbocycles. The van der Waals surface area contributed by atoms with E-state index >= 15 is 0 Å². The fraction of sp³-hybridized carbons (Fsp3) is 0.800. The Kier molecular flexibility index (Phi) is 5.35. The molecule has 0 bridgehead atoms. The van der Waals surface area contributed by atoms with Crippen molar-refractivity contribution in [2.75, 3.05) is 24.6 Å². The van der Waals surface area contributed by atoms with Gasteiger partial charge >= 0.3 is 6.18 Å². The number of halogens is 4. The number of nitrogens with zero attached hydrogens (tertiary/aromatic N) is 3. The third kappa shape index (κ3) is 4.37. The Morgan fingerprint density at radius 3 is 2.77 bits per heavy atom. The van der Waals surface area contributed by atoms with E-state index < -0.39 is 24.6 Å². The highest BCUT2D eigenvalue weighted by Gasteiger charge is 2.50. The summed E-state index contributed by atoms with van der Waals surface area (Å²) < 4.78 is 64.9. The number of anilines is 1. The fourth-order valence-electron chi connectivity index (χ4n) is 4.82. The Morgan fingerprint density at radius 1 is 1.23 bits per heavy atom. The van der Waals surface area contributed by atoms with Crippen LogP contribution in [0.2, 0.25) is 0 Å². The van der Waals surface area contributed by atoms with Gasteiger partial charge in [0, 0.05) is 24.6 Å². The van der Waals surface area contributed by atoms with Crippen molar-refractivity contribution in [1.29, 1.82) is 0 Å². The van der Waals surface area contributed by atoms with Gasteiger partial charge in [-0.25, -0.2) is 19.8 Å². The van der Waals surface area contributed by atoms with Crippen molar-refractivity contribution in [1.82, 2.24) is 20.8 Å². The van der Waals surface area contributed by atoms with Gasteiger partial charge in [-0.2, -0.15) is 13.2 Å². The number of hydrazine groups is 1. The molecule has 2 aliphatic heterocycles. The quantitative estimate of drug-likeness (QED) is 0.690. The smallest absolute Gasteiger partial charge is 0.369 e. The van der Waals surface area contributed by atoms with Crippen molar-refractivity contribution in [3.63, 3.8) is 0 Å². The molecule has 1 aromatic rings. The lowest BCUT2D eigenvalue weighted by Crippen LogP contribution is -2.49. The molecule has 5 rings (SSSR count). The summed E-state index contributed by atoms with van der Waals surface area (Å²) in [7, 11) is 0. The monoisotopic (exact) mass is 445 g/mol. The molecule has 2 saturated carbocycles. The van der Waals surface area contributed by atoms with Crippen LogP contribution in [0.15, 0.2) is 12.4 Å². The van der Waals surface area contributed by atoms with Crippen LogP contribution < -0.4 is 15.8 Å². The van der Waals surface area contributed by atoms with E-state index in [0.29, 0.717) is 30.9 Å². The lowest BCUT2D eigenvalue weighted by molar-refractivity contribution is -0.221. The standard InChI is InChI=1S/C20H27F4N5O2/c1-19(2-3-19)31-15-6-11-13(7-12(15)21)27-28-18(11)14-8-17(26-10-25-14)29-4-5-30-16(9-29)20(22,23)24/h8,10-13,15-16,18,27-28H,2-7,9H2,1H3. The number of alkyl halides is 4. The van der Waals surface area contributed by atoms with E-state index in [1.165, 1.54) is 6.33 Å². The molecule has 4 fully saturated rings. The van der Waals surface area contributed by atoms with Crippen LogP contribution in [0.1, 0.15) is 44.3 Å². The molecule has 1 aromatic heterocycles. The van der Waals surface area contributed by atoms with Crippen molar-refractivity contribution in [2.45, 2.75) is 74.8 Å². The highest BCUT2D eigenvalue weighted by molar-refractivity contribution is 5.40. The Labute approximate surface area is 177 Å².